The van der Waals surface area contributed by atoms with E-state index in [1.165, 1.54) is 20.5 Å². The molecule has 1 atom stereocenters. The minimum Gasteiger partial charge on any atom is -0.497 e. The quantitative estimate of drug-likeness (QED) is 0.461. The van der Waals surface area contributed by atoms with Crippen LogP contribution in [0.1, 0.15) is 29.3 Å². The predicted octanol–water partition coefficient (Wildman–Crippen LogP) is 6.46. The van der Waals surface area contributed by atoms with Gasteiger partial charge in [-0.15, -0.1) is 11.3 Å². The van der Waals surface area contributed by atoms with Gasteiger partial charge in [0.1, 0.15) is 5.75 Å². The van der Waals surface area contributed by atoms with Crippen molar-refractivity contribution >= 4 is 27.3 Å². The summed E-state index contributed by atoms with van der Waals surface area (Å²) in [4.78, 5) is 1.41. The van der Waals surface area contributed by atoms with Crippen molar-refractivity contribution in [2.24, 2.45) is 0 Å². The third-order valence-electron chi connectivity index (χ3n) is 4.61. The number of thiophene rings is 1. The highest BCUT2D eigenvalue weighted by Crippen LogP contribution is 2.42. The average molecular weight is 401 g/mol. The highest BCUT2D eigenvalue weighted by atomic mass is 79.9. The Hall–Kier alpha value is -1.58. The molecule has 0 fully saturated rings. The van der Waals surface area contributed by atoms with Gasteiger partial charge in [0.05, 0.1) is 7.11 Å². The Morgan fingerprint density at radius 1 is 1.00 bits per heavy atom. The molecule has 1 heterocycles. The number of hydrogen-bond acceptors (Lipinski definition) is 2. The molecule has 3 heteroatoms. The Kier molecular flexibility index (Phi) is 5.42. The first-order valence-corrected chi connectivity index (χ1v) is 9.72. The molecule has 0 radical (unpaired) electrons. The van der Waals surface area contributed by atoms with Crippen LogP contribution in [-0.4, -0.2) is 7.11 Å². The Labute approximate surface area is 156 Å². The summed E-state index contributed by atoms with van der Waals surface area (Å²) in [5.41, 5.74) is 2.68. The molecule has 0 aliphatic heterocycles. The van der Waals surface area contributed by atoms with Crippen molar-refractivity contribution in [3.8, 4) is 5.75 Å². The molecular weight excluding hydrogens is 380 g/mol. The predicted molar refractivity (Wildman–Crippen MR) is 106 cm³/mol. The number of methoxy groups -OCH3 is 1. The molecular formula is C21H21BrOS. The van der Waals surface area contributed by atoms with E-state index in [0.717, 1.165) is 18.6 Å². The van der Waals surface area contributed by atoms with Gasteiger partial charge < -0.3 is 4.74 Å². The van der Waals surface area contributed by atoms with Crippen molar-refractivity contribution in [1.82, 2.24) is 0 Å². The Morgan fingerprint density at radius 3 is 2.38 bits per heavy atom. The highest BCUT2D eigenvalue weighted by molar-refractivity contribution is 9.10. The van der Waals surface area contributed by atoms with Crippen molar-refractivity contribution in [2.45, 2.75) is 25.2 Å². The first kappa shape index (κ1) is 17.2. The van der Waals surface area contributed by atoms with E-state index in [2.05, 4.69) is 76.8 Å². The summed E-state index contributed by atoms with van der Waals surface area (Å²) in [5, 5.41) is 2.16. The number of hydrogen-bond donors (Lipinski definition) is 0. The summed E-state index contributed by atoms with van der Waals surface area (Å²) in [6.07, 6.45) is 2.09. The largest absolute Gasteiger partial charge is 0.497 e. The smallest absolute Gasteiger partial charge is 0.118 e. The van der Waals surface area contributed by atoms with Crippen LogP contribution in [0.3, 0.4) is 0 Å². The second-order valence-corrected chi connectivity index (χ2v) is 7.94. The van der Waals surface area contributed by atoms with E-state index in [1.54, 1.807) is 7.11 Å². The minimum absolute atomic E-state index is 0.00577. The molecule has 0 bridgehead atoms. The first-order chi connectivity index (χ1) is 11.6. The highest BCUT2D eigenvalue weighted by Gasteiger charge is 2.31. The lowest BCUT2D eigenvalue weighted by atomic mass is 9.76. The second kappa shape index (κ2) is 7.54. The number of rotatable bonds is 6. The van der Waals surface area contributed by atoms with Crippen molar-refractivity contribution in [3.63, 3.8) is 0 Å². The lowest BCUT2D eigenvalue weighted by Crippen LogP contribution is -2.24. The number of halogens is 1. The van der Waals surface area contributed by atoms with Crippen LogP contribution in [0.2, 0.25) is 0 Å². The maximum atomic E-state index is 5.25. The van der Waals surface area contributed by atoms with Gasteiger partial charge >= 0.3 is 0 Å². The average Bonchev–Trinajstić information content (AvgIpc) is 3.16. The van der Waals surface area contributed by atoms with E-state index in [9.17, 15) is 0 Å². The summed E-state index contributed by atoms with van der Waals surface area (Å²) in [7, 11) is 1.70. The zero-order chi connectivity index (χ0) is 17.0. The van der Waals surface area contributed by atoms with Gasteiger partial charge in [-0.05, 0) is 53.6 Å². The summed E-state index contributed by atoms with van der Waals surface area (Å²) in [6.45, 7) is 2.35. The fourth-order valence-corrected chi connectivity index (χ4v) is 4.73. The molecule has 0 spiro atoms. The van der Waals surface area contributed by atoms with Crippen LogP contribution in [0.25, 0.3) is 0 Å². The molecule has 0 amide bonds. The molecule has 0 aliphatic rings. The molecule has 24 heavy (non-hydrogen) atoms. The minimum atomic E-state index is -0.00577. The monoisotopic (exact) mass is 400 g/mol. The fraction of sp³-hybridized carbons (Fsp3) is 0.238. The summed E-state index contributed by atoms with van der Waals surface area (Å²) in [6, 6.07) is 21.4. The Bertz CT molecular complexity index is 780. The molecule has 0 aliphatic carbocycles. The van der Waals surface area contributed by atoms with Gasteiger partial charge in [-0.1, -0.05) is 59.3 Å². The summed E-state index contributed by atoms with van der Waals surface area (Å²) < 4.78 is 6.43. The van der Waals surface area contributed by atoms with Crippen LogP contribution in [0, 0.1) is 0 Å². The van der Waals surface area contributed by atoms with Gasteiger partial charge in [0.15, 0.2) is 0 Å². The van der Waals surface area contributed by atoms with E-state index in [1.807, 2.05) is 23.5 Å². The number of benzene rings is 2. The number of ether oxygens (including phenoxy) is 1. The molecule has 1 aromatic heterocycles. The lowest BCUT2D eigenvalue weighted by Gasteiger charge is -2.30. The SMILES string of the molecule is COc1ccc(CCC(C)(c2cccs2)c2ccccc2Br)cc1. The van der Waals surface area contributed by atoms with Crippen molar-refractivity contribution in [1.29, 1.82) is 0 Å². The second-order valence-electron chi connectivity index (χ2n) is 6.14. The third-order valence-corrected chi connectivity index (χ3v) is 6.43. The van der Waals surface area contributed by atoms with Crippen LogP contribution in [-0.2, 0) is 11.8 Å². The van der Waals surface area contributed by atoms with Crippen molar-refractivity contribution < 1.29 is 4.74 Å². The Morgan fingerprint density at radius 2 is 1.75 bits per heavy atom. The molecule has 3 aromatic rings. The topological polar surface area (TPSA) is 9.23 Å². The molecule has 1 nitrogen and oxygen atoms in total. The zero-order valence-electron chi connectivity index (χ0n) is 14.0. The standard InChI is InChI=1S/C21H21BrOS/c1-21(20-8-5-15-24-20,18-6-3-4-7-19(18)22)14-13-16-9-11-17(23-2)12-10-16/h3-12,15H,13-14H2,1-2H3. The molecule has 2 aromatic carbocycles. The first-order valence-electron chi connectivity index (χ1n) is 8.05. The van der Waals surface area contributed by atoms with E-state index < -0.39 is 0 Å². The van der Waals surface area contributed by atoms with Gasteiger partial charge in [-0.25, -0.2) is 0 Å². The van der Waals surface area contributed by atoms with E-state index >= 15 is 0 Å². The molecule has 0 saturated carbocycles. The van der Waals surface area contributed by atoms with Gasteiger partial charge in [0, 0.05) is 14.8 Å². The lowest BCUT2D eigenvalue weighted by molar-refractivity contribution is 0.414. The third kappa shape index (κ3) is 3.57. The molecule has 1 unspecified atom stereocenters. The fourth-order valence-electron chi connectivity index (χ4n) is 3.08. The molecule has 3 rings (SSSR count). The van der Waals surface area contributed by atoms with Crippen LogP contribution in [0.4, 0.5) is 0 Å². The van der Waals surface area contributed by atoms with E-state index in [4.69, 9.17) is 4.74 Å². The summed E-state index contributed by atoms with van der Waals surface area (Å²) >= 11 is 5.58. The molecule has 0 N–H and O–H groups in total. The van der Waals surface area contributed by atoms with Crippen molar-refractivity contribution in [3.05, 3.63) is 86.5 Å². The van der Waals surface area contributed by atoms with Gasteiger partial charge in [0.2, 0.25) is 0 Å². The maximum Gasteiger partial charge on any atom is 0.118 e. The maximum absolute atomic E-state index is 5.25. The van der Waals surface area contributed by atoms with E-state index in [-0.39, 0.29) is 5.41 Å². The van der Waals surface area contributed by atoms with E-state index in [0.29, 0.717) is 0 Å². The normalized spacial score (nSPS) is 13.5. The zero-order valence-corrected chi connectivity index (χ0v) is 16.4. The van der Waals surface area contributed by atoms with Gasteiger partial charge in [0.25, 0.3) is 0 Å². The van der Waals surface area contributed by atoms with Crippen LogP contribution < -0.4 is 4.74 Å². The molecule has 0 saturated heterocycles. The van der Waals surface area contributed by atoms with Crippen LogP contribution in [0.15, 0.2) is 70.5 Å². The van der Waals surface area contributed by atoms with Crippen LogP contribution in [0.5, 0.6) is 5.75 Å². The molecule has 124 valence electrons. The van der Waals surface area contributed by atoms with Gasteiger partial charge in [-0.3, -0.25) is 0 Å². The Balaban J connectivity index is 1.90. The van der Waals surface area contributed by atoms with Crippen molar-refractivity contribution in [2.75, 3.05) is 7.11 Å². The summed E-state index contributed by atoms with van der Waals surface area (Å²) in [5.74, 6) is 0.908. The van der Waals surface area contributed by atoms with Crippen LogP contribution >= 0.6 is 27.3 Å². The van der Waals surface area contributed by atoms with Gasteiger partial charge in [-0.2, -0.15) is 0 Å². The number of aryl methyl sites for hydroxylation is 1.